The minimum atomic E-state index is 0.770. The van der Waals surface area contributed by atoms with E-state index in [4.69, 9.17) is 0 Å². The standard InChI is InChI=1S/C12H24N2/c1-3-5-11-9-14(7-6-13-11)12-8-10(12)4-2/h10-13H,3-9H2,1-2H3. The van der Waals surface area contributed by atoms with Crippen LogP contribution in [0, 0.1) is 5.92 Å². The summed E-state index contributed by atoms with van der Waals surface area (Å²) in [5.41, 5.74) is 0. The highest BCUT2D eigenvalue weighted by Crippen LogP contribution is 2.38. The van der Waals surface area contributed by atoms with Gasteiger partial charge in [0.1, 0.15) is 0 Å². The van der Waals surface area contributed by atoms with Gasteiger partial charge in [-0.25, -0.2) is 0 Å². The molecule has 1 aliphatic heterocycles. The molecule has 0 bridgehead atoms. The van der Waals surface area contributed by atoms with Crippen LogP contribution in [0.15, 0.2) is 0 Å². The number of hydrogen-bond donors (Lipinski definition) is 1. The second-order valence-electron chi connectivity index (χ2n) is 4.91. The fourth-order valence-electron chi connectivity index (χ4n) is 2.81. The van der Waals surface area contributed by atoms with Crippen molar-refractivity contribution in [2.45, 2.75) is 51.6 Å². The van der Waals surface area contributed by atoms with Crippen molar-refractivity contribution in [2.75, 3.05) is 19.6 Å². The van der Waals surface area contributed by atoms with Gasteiger partial charge in [0.15, 0.2) is 0 Å². The van der Waals surface area contributed by atoms with Crippen LogP contribution in [0.5, 0.6) is 0 Å². The topological polar surface area (TPSA) is 15.3 Å². The van der Waals surface area contributed by atoms with Crippen molar-refractivity contribution in [3.63, 3.8) is 0 Å². The largest absolute Gasteiger partial charge is 0.311 e. The van der Waals surface area contributed by atoms with E-state index in [1.165, 1.54) is 45.3 Å². The van der Waals surface area contributed by atoms with E-state index in [1.54, 1.807) is 0 Å². The van der Waals surface area contributed by atoms with Gasteiger partial charge >= 0.3 is 0 Å². The summed E-state index contributed by atoms with van der Waals surface area (Å²) < 4.78 is 0. The van der Waals surface area contributed by atoms with E-state index in [2.05, 4.69) is 24.1 Å². The second-order valence-corrected chi connectivity index (χ2v) is 4.91. The Morgan fingerprint density at radius 2 is 2.21 bits per heavy atom. The van der Waals surface area contributed by atoms with Crippen LogP contribution >= 0.6 is 0 Å². The molecule has 0 aromatic heterocycles. The van der Waals surface area contributed by atoms with E-state index in [0.717, 1.165) is 18.0 Å². The van der Waals surface area contributed by atoms with Crippen molar-refractivity contribution in [3.8, 4) is 0 Å². The molecule has 0 radical (unpaired) electrons. The van der Waals surface area contributed by atoms with Gasteiger partial charge in [-0.3, -0.25) is 4.90 Å². The molecule has 1 saturated heterocycles. The van der Waals surface area contributed by atoms with Crippen molar-refractivity contribution in [1.29, 1.82) is 0 Å². The molecule has 3 atom stereocenters. The Morgan fingerprint density at radius 3 is 2.86 bits per heavy atom. The van der Waals surface area contributed by atoms with E-state index >= 15 is 0 Å². The van der Waals surface area contributed by atoms with E-state index < -0.39 is 0 Å². The number of nitrogens with one attached hydrogen (secondary N) is 1. The lowest BCUT2D eigenvalue weighted by molar-refractivity contribution is 0.178. The third-order valence-electron chi connectivity index (χ3n) is 3.80. The molecule has 0 spiro atoms. The monoisotopic (exact) mass is 196 g/mol. The van der Waals surface area contributed by atoms with Gasteiger partial charge in [0, 0.05) is 31.7 Å². The highest BCUT2D eigenvalue weighted by atomic mass is 15.2. The molecule has 1 aliphatic carbocycles. The summed E-state index contributed by atoms with van der Waals surface area (Å²) in [6, 6.07) is 1.72. The molecular formula is C12H24N2. The van der Waals surface area contributed by atoms with E-state index in [-0.39, 0.29) is 0 Å². The molecule has 2 nitrogen and oxygen atoms in total. The number of rotatable bonds is 4. The summed E-state index contributed by atoms with van der Waals surface area (Å²) in [5, 5.41) is 3.62. The molecule has 1 heterocycles. The van der Waals surface area contributed by atoms with Crippen LogP contribution in [0.25, 0.3) is 0 Å². The van der Waals surface area contributed by atoms with Gasteiger partial charge in [0.05, 0.1) is 0 Å². The quantitative estimate of drug-likeness (QED) is 0.738. The zero-order valence-corrected chi connectivity index (χ0v) is 9.63. The van der Waals surface area contributed by atoms with Crippen molar-refractivity contribution >= 4 is 0 Å². The number of nitrogens with zero attached hydrogens (tertiary/aromatic N) is 1. The molecule has 3 unspecified atom stereocenters. The number of piperazine rings is 1. The van der Waals surface area contributed by atoms with Crippen molar-refractivity contribution in [3.05, 3.63) is 0 Å². The maximum atomic E-state index is 3.62. The van der Waals surface area contributed by atoms with Crippen molar-refractivity contribution in [2.24, 2.45) is 5.92 Å². The van der Waals surface area contributed by atoms with E-state index in [1.807, 2.05) is 0 Å². The average Bonchev–Trinajstić information content (AvgIpc) is 2.98. The first-order valence-corrected chi connectivity index (χ1v) is 6.32. The lowest BCUT2D eigenvalue weighted by Crippen LogP contribution is -2.51. The van der Waals surface area contributed by atoms with Crippen LogP contribution < -0.4 is 5.32 Å². The molecule has 1 saturated carbocycles. The molecule has 2 fully saturated rings. The van der Waals surface area contributed by atoms with E-state index in [9.17, 15) is 0 Å². The third kappa shape index (κ3) is 2.29. The smallest absolute Gasteiger partial charge is 0.0195 e. The normalized spacial score (nSPS) is 38.6. The lowest BCUT2D eigenvalue weighted by Gasteiger charge is -2.34. The molecule has 2 heteroatoms. The van der Waals surface area contributed by atoms with Gasteiger partial charge in [-0.2, -0.15) is 0 Å². The highest BCUT2D eigenvalue weighted by Gasteiger charge is 2.41. The molecule has 82 valence electrons. The summed E-state index contributed by atoms with van der Waals surface area (Å²) in [7, 11) is 0. The minimum Gasteiger partial charge on any atom is -0.311 e. The van der Waals surface area contributed by atoms with Crippen LogP contribution in [0.2, 0.25) is 0 Å². The highest BCUT2D eigenvalue weighted by molar-refractivity contribution is 4.96. The molecular weight excluding hydrogens is 172 g/mol. The molecule has 1 N–H and O–H groups in total. The van der Waals surface area contributed by atoms with Gasteiger partial charge in [-0.15, -0.1) is 0 Å². The van der Waals surface area contributed by atoms with Crippen molar-refractivity contribution in [1.82, 2.24) is 10.2 Å². The Kier molecular flexibility index (Phi) is 3.45. The summed E-state index contributed by atoms with van der Waals surface area (Å²) in [6.07, 6.45) is 5.51. The molecule has 0 amide bonds. The fraction of sp³-hybridized carbons (Fsp3) is 1.00. The van der Waals surface area contributed by atoms with Gasteiger partial charge in [0.25, 0.3) is 0 Å². The van der Waals surface area contributed by atoms with Gasteiger partial charge in [-0.05, 0) is 18.8 Å². The minimum absolute atomic E-state index is 0.770. The van der Waals surface area contributed by atoms with Crippen LogP contribution in [0.4, 0.5) is 0 Å². The van der Waals surface area contributed by atoms with Gasteiger partial charge in [-0.1, -0.05) is 26.7 Å². The fourth-order valence-corrected chi connectivity index (χ4v) is 2.81. The lowest BCUT2D eigenvalue weighted by atomic mass is 10.1. The first kappa shape index (κ1) is 10.4. The van der Waals surface area contributed by atoms with Gasteiger partial charge in [0.2, 0.25) is 0 Å². The van der Waals surface area contributed by atoms with Crippen LogP contribution in [-0.2, 0) is 0 Å². The Morgan fingerprint density at radius 1 is 1.36 bits per heavy atom. The maximum Gasteiger partial charge on any atom is 0.0195 e. The van der Waals surface area contributed by atoms with Crippen molar-refractivity contribution < 1.29 is 0 Å². The van der Waals surface area contributed by atoms with Crippen LogP contribution in [0.1, 0.15) is 39.5 Å². The average molecular weight is 196 g/mol. The van der Waals surface area contributed by atoms with Crippen LogP contribution in [0.3, 0.4) is 0 Å². The Balaban J connectivity index is 1.77. The van der Waals surface area contributed by atoms with E-state index in [0.29, 0.717) is 0 Å². The zero-order chi connectivity index (χ0) is 9.97. The molecule has 2 rings (SSSR count). The summed E-state index contributed by atoms with van der Waals surface area (Å²) >= 11 is 0. The third-order valence-corrected chi connectivity index (χ3v) is 3.80. The Labute approximate surface area is 88.1 Å². The molecule has 14 heavy (non-hydrogen) atoms. The zero-order valence-electron chi connectivity index (χ0n) is 9.63. The van der Waals surface area contributed by atoms with Gasteiger partial charge < -0.3 is 5.32 Å². The maximum absolute atomic E-state index is 3.62. The molecule has 0 aromatic carbocycles. The van der Waals surface area contributed by atoms with Crippen LogP contribution in [-0.4, -0.2) is 36.6 Å². The first-order chi connectivity index (χ1) is 6.85. The number of hydrogen-bond acceptors (Lipinski definition) is 2. The predicted octanol–water partition coefficient (Wildman–Crippen LogP) is 1.86. The summed E-state index contributed by atoms with van der Waals surface area (Å²) in [5.74, 6) is 1.02. The second kappa shape index (κ2) is 4.63. The Bertz CT molecular complexity index is 179. The summed E-state index contributed by atoms with van der Waals surface area (Å²) in [4.78, 5) is 2.73. The molecule has 0 aromatic rings. The first-order valence-electron chi connectivity index (χ1n) is 6.32. The molecule has 2 aliphatic rings. The Hall–Kier alpha value is -0.0800. The SMILES string of the molecule is CCCC1CN(C2CC2CC)CCN1. The summed E-state index contributed by atoms with van der Waals surface area (Å²) in [6.45, 7) is 8.40. The predicted molar refractivity (Wildman–Crippen MR) is 60.5 cm³/mol.